The molecule has 2 unspecified atom stereocenters. The van der Waals surface area contributed by atoms with Crippen LogP contribution in [0.25, 0.3) is 0 Å². The zero-order chi connectivity index (χ0) is 13.3. The molecule has 0 aliphatic rings. The number of halogens is 10. The molecule has 0 aromatic rings. The van der Waals surface area contributed by atoms with Crippen LogP contribution in [0.3, 0.4) is 0 Å². The number of rotatable bonds is 3. The van der Waals surface area contributed by atoms with Gasteiger partial charge in [-0.25, -0.2) is 13.2 Å². The van der Waals surface area contributed by atoms with E-state index < -0.39 is 34.8 Å². The third-order valence-corrected chi connectivity index (χ3v) is 2.35. The Labute approximate surface area is 93.8 Å². The molecule has 0 N–H and O–H groups in total. The van der Waals surface area contributed by atoms with Gasteiger partial charge in [0.2, 0.25) is 0 Å². The lowest BCUT2D eigenvalue weighted by atomic mass is 10.1. The minimum Gasteiger partial charge on any atom is -0.231 e. The minimum absolute atomic E-state index is 2.03. The molecule has 0 saturated heterocycles. The largest absolute Gasteiger partial charge is 0.425 e. The van der Waals surface area contributed by atoms with Crippen molar-refractivity contribution in [3.8, 4) is 0 Å². The predicted molar refractivity (Wildman–Crippen MR) is 40.6 cm³/mol. The van der Waals surface area contributed by atoms with E-state index in [1.54, 1.807) is 0 Å². The van der Waals surface area contributed by atoms with Gasteiger partial charge in [0, 0.05) is 0 Å². The summed E-state index contributed by atoms with van der Waals surface area (Å²) in [6, 6.07) is 0. The Bertz CT molecular complexity index is 279. The zero-order valence-electron chi connectivity index (χ0n) is 6.93. The average Bonchev–Trinajstić information content (AvgIpc) is 2.12. The van der Waals surface area contributed by atoms with Crippen molar-refractivity contribution < 1.29 is 35.1 Å². The third-order valence-electron chi connectivity index (χ3n) is 1.37. The van der Waals surface area contributed by atoms with Crippen molar-refractivity contribution in [2.75, 3.05) is 0 Å². The lowest BCUT2D eigenvalue weighted by Crippen LogP contribution is -2.47. The molecule has 0 nitrogen and oxygen atoms in total. The standard InChI is InChI=1S/C6H2Cl2F8/c7-1(3(9)10)2(8)5(12,13)4(11)6(14,15)16/h2,4H. The maximum Gasteiger partial charge on any atom is 0.425 e. The highest BCUT2D eigenvalue weighted by atomic mass is 35.5. The Morgan fingerprint density at radius 3 is 1.62 bits per heavy atom. The highest BCUT2D eigenvalue weighted by Crippen LogP contribution is 2.42. The molecular formula is C6H2Cl2F8. The van der Waals surface area contributed by atoms with Gasteiger partial charge in [0.05, 0.1) is 0 Å². The van der Waals surface area contributed by atoms with E-state index in [2.05, 4.69) is 23.2 Å². The molecule has 0 bridgehead atoms. The van der Waals surface area contributed by atoms with Gasteiger partial charge in [0.1, 0.15) is 10.4 Å². The van der Waals surface area contributed by atoms with E-state index in [4.69, 9.17) is 0 Å². The molecule has 16 heavy (non-hydrogen) atoms. The highest BCUT2D eigenvalue weighted by molar-refractivity contribution is 6.37. The van der Waals surface area contributed by atoms with Crippen LogP contribution in [-0.2, 0) is 0 Å². The predicted octanol–water partition coefficient (Wildman–Crippen LogP) is 4.48. The number of allylic oxidation sites excluding steroid dienone is 1. The fraction of sp³-hybridized carbons (Fsp3) is 0.667. The van der Waals surface area contributed by atoms with Crippen LogP contribution in [0.1, 0.15) is 0 Å². The first kappa shape index (κ1) is 15.8. The fourth-order valence-corrected chi connectivity index (χ4v) is 0.950. The second kappa shape index (κ2) is 4.95. The maximum absolute atomic E-state index is 12.6. The second-order valence-corrected chi connectivity index (χ2v) is 3.39. The summed E-state index contributed by atoms with van der Waals surface area (Å²) in [6.45, 7) is 0. The summed E-state index contributed by atoms with van der Waals surface area (Å²) >= 11 is 9.09. The van der Waals surface area contributed by atoms with Crippen LogP contribution in [0.5, 0.6) is 0 Å². The van der Waals surface area contributed by atoms with Crippen molar-refractivity contribution in [3.05, 3.63) is 11.1 Å². The maximum atomic E-state index is 12.6. The van der Waals surface area contributed by atoms with E-state index in [-0.39, 0.29) is 0 Å². The van der Waals surface area contributed by atoms with Gasteiger partial charge in [0.15, 0.2) is 0 Å². The average molecular weight is 297 g/mol. The van der Waals surface area contributed by atoms with E-state index in [9.17, 15) is 35.1 Å². The molecule has 0 aromatic carbocycles. The quantitative estimate of drug-likeness (QED) is 0.532. The van der Waals surface area contributed by atoms with E-state index >= 15 is 0 Å². The van der Waals surface area contributed by atoms with E-state index in [1.807, 2.05) is 0 Å². The first-order valence-electron chi connectivity index (χ1n) is 3.35. The van der Waals surface area contributed by atoms with Gasteiger partial charge in [-0.1, -0.05) is 11.6 Å². The summed E-state index contributed by atoms with van der Waals surface area (Å²) in [5.74, 6) is -5.29. The smallest absolute Gasteiger partial charge is 0.231 e. The summed E-state index contributed by atoms with van der Waals surface area (Å²) in [4.78, 5) is 0. The first-order valence-corrected chi connectivity index (χ1v) is 4.17. The summed E-state index contributed by atoms with van der Waals surface area (Å²) in [7, 11) is 0. The molecule has 0 fully saturated rings. The summed E-state index contributed by atoms with van der Waals surface area (Å²) < 4.78 is 95.8. The van der Waals surface area contributed by atoms with E-state index in [0.717, 1.165) is 0 Å². The van der Waals surface area contributed by atoms with Crippen molar-refractivity contribution in [3.63, 3.8) is 0 Å². The van der Waals surface area contributed by atoms with Crippen molar-refractivity contribution in [2.24, 2.45) is 0 Å². The van der Waals surface area contributed by atoms with Gasteiger partial charge in [-0.2, -0.15) is 22.0 Å². The van der Waals surface area contributed by atoms with Gasteiger partial charge in [-0.15, -0.1) is 11.6 Å². The van der Waals surface area contributed by atoms with Gasteiger partial charge < -0.3 is 0 Å². The van der Waals surface area contributed by atoms with E-state index in [1.165, 1.54) is 0 Å². The minimum atomic E-state index is -5.93. The Morgan fingerprint density at radius 2 is 1.38 bits per heavy atom. The van der Waals surface area contributed by atoms with Gasteiger partial charge >= 0.3 is 12.1 Å². The monoisotopic (exact) mass is 296 g/mol. The van der Waals surface area contributed by atoms with Crippen molar-refractivity contribution >= 4 is 23.2 Å². The van der Waals surface area contributed by atoms with Crippen LogP contribution in [0.4, 0.5) is 35.1 Å². The molecule has 0 saturated carbocycles. The molecule has 0 aromatic heterocycles. The Balaban J connectivity index is 5.15. The summed E-state index contributed by atoms with van der Waals surface area (Å²) in [6.07, 6.45) is -13.5. The molecule has 2 atom stereocenters. The van der Waals surface area contributed by atoms with Crippen LogP contribution in [0, 0.1) is 0 Å². The summed E-state index contributed by atoms with van der Waals surface area (Å²) in [5.41, 5.74) is 0. The topological polar surface area (TPSA) is 0 Å². The third kappa shape index (κ3) is 3.38. The first-order chi connectivity index (χ1) is 6.92. The molecule has 0 rings (SSSR count). The highest BCUT2D eigenvalue weighted by Gasteiger charge is 2.61. The Hall–Kier alpha value is -0.240. The molecule has 0 heterocycles. The van der Waals surface area contributed by atoms with Crippen molar-refractivity contribution in [2.45, 2.75) is 23.6 Å². The van der Waals surface area contributed by atoms with Crippen molar-refractivity contribution in [1.29, 1.82) is 0 Å². The Morgan fingerprint density at radius 1 is 1.00 bits per heavy atom. The van der Waals surface area contributed by atoms with Crippen LogP contribution in [0.2, 0.25) is 0 Å². The van der Waals surface area contributed by atoms with Crippen LogP contribution < -0.4 is 0 Å². The molecule has 0 amide bonds. The second-order valence-electron chi connectivity index (χ2n) is 2.55. The fourth-order valence-electron chi connectivity index (χ4n) is 0.611. The molecule has 96 valence electrons. The van der Waals surface area contributed by atoms with Crippen LogP contribution >= 0.6 is 23.2 Å². The molecule has 10 heteroatoms. The van der Waals surface area contributed by atoms with Crippen LogP contribution in [-0.4, -0.2) is 23.6 Å². The zero-order valence-corrected chi connectivity index (χ0v) is 8.45. The Kier molecular flexibility index (Phi) is 4.88. The molecule has 0 aliphatic heterocycles. The molecule has 0 aliphatic carbocycles. The van der Waals surface area contributed by atoms with Crippen molar-refractivity contribution in [1.82, 2.24) is 0 Å². The van der Waals surface area contributed by atoms with Gasteiger partial charge in [-0.05, 0) is 0 Å². The number of alkyl halides is 7. The lowest BCUT2D eigenvalue weighted by Gasteiger charge is -2.25. The van der Waals surface area contributed by atoms with Gasteiger partial charge in [0.25, 0.3) is 12.3 Å². The summed E-state index contributed by atoms with van der Waals surface area (Å²) in [5, 5.41) is -5.32. The number of hydrogen-bond donors (Lipinski definition) is 0. The molecule has 0 spiro atoms. The SMILES string of the molecule is FC(F)=C(Cl)C(Cl)C(F)(F)C(F)C(F)(F)F. The van der Waals surface area contributed by atoms with E-state index in [0.29, 0.717) is 0 Å². The lowest BCUT2D eigenvalue weighted by molar-refractivity contribution is -0.242. The van der Waals surface area contributed by atoms with Gasteiger partial charge in [-0.3, -0.25) is 0 Å². The van der Waals surface area contributed by atoms with Crippen LogP contribution in [0.15, 0.2) is 11.1 Å². The normalized spacial score (nSPS) is 16.9. The molecular weight excluding hydrogens is 295 g/mol. The molecule has 0 radical (unpaired) electrons. The number of hydrogen-bond acceptors (Lipinski definition) is 0.